The second kappa shape index (κ2) is 10.6. The van der Waals surface area contributed by atoms with Crippen molar-refractivity contribution >= 4 is 11.8 Å². The van der Waals surface area contributed by atoms with Crippen LogP contribution < -0.4 is 5.32 Å². The van der Waals surface area contributed by atoms with Crippen LogP contribution in [0.15, 0.2) is 48.5 Å². The van der Waals surface area contributed by atoms with E-state index < -0.39 is 6.04 Å². The van der Waals surface area contributed by atoms with Gasteiger partial charge in [-0.2, -0.15) is 0 Å². The molecule has 150 valence electrons. The molecule has 0 fully saturated rings. The van der Waals surface area contributed by atoms with E-state index in [4.69, 9.17) is 0 Å². The molecule has 2 aromatic rings. The number of aryl methyl sites for hydroxylation is 3. The Morgan fingerprint density at radius 1 is 1.04 bits per heavy atom. The number of hydrogen-bond acceptors (Lipinski definition) is 2. The van der Waals surface area contributed by atoms with Crippen LogP contribution >= 0.6 is 0 Å². The summed E-state index contributed by atoms with van der Waals surface area (Å²) in [6, 6.07) is 15.8. The number of carbonyl (C=O) groups excluding carboxylic acids is 2. The number of hydrogen-bond donors (Lipinski definition) is 1. The average Bonchev–Trinajstić information content (AvgIpc) is 2.70. The predicted octanol–water partition coefficient (Wildman–Crippen LogP) is 4.18. The van der Waals surface area contributed by atoms with Crippen molar-refractivity contribution in [3.63, 3.8) is 0 Å². The summed E-state index contributed by atoms with van der Waals surface area (Å²) in [6.07, 6.45) is 1.94. The largest absolute Gasteiger partial charge is 0.354 e. The summed E-state index contributed by atoms with van der Waals surface area (Å²) < 4.78 is 0. The highest BCUT2D eigenvalue weighted by Gasteiger charge is 2.26. The van der Waals surface area contributed by atoms with E-state index in [2.05, 4.69) is 36.5 Å². The maximum atomic E-state index is 13.1. The highest BCUT2D eigenvalue weighted by molar-refractivity contribution is 5.87. The van der Waals surface area contributed by atoms with Crippen molar-refractivity contribution in [2.75, 3.05) is 6.54 Å². The fourth-order valence-corrected chi connectivity index (χ4v) is 3.10. The lowest BCUT2D eigenvalue weighted by Crippen LogP contribution is -2.47. The van der Waals surface area contributed by atoms with Crippen LogP contribution in [0.5, 0.6) is 0 Å². The molecular weight excluding hydrogens is 348 g/mol. The molecule has 2 amide bonds. The quantitative estimate of drug-likeness (QED) is 0.709. The van der Waals surface area contributed by atoms with Crippen molar-refractivity contribution < 1.29 is 9.59 Å². The SMILES string of the molecule is CCCNC(=O)[C@H](C)N(Cc1ccccc1C)C(=O)CCc1ccc(C)cc1. The number of nitrogens with one attached hydrogen (secondary N) is 1. The molecule has 0 spiro atoms. The van der Waals surface area contributed by atoms with Crippen LogP contribution in [0, 0.1) is 13.8 Å². The molecule has 0 aliphatic heterocycles. The number of rotatable bonds is 9. The Hall–Kier alpha value is -2.62. The molecule has 0 bridgehead atoms. The van der Waals surface area contributed by atoms with Gasteiger partial charge in [-0.1, -0.05) is 61.0 Å². The number of nitrogens with zero attached hydrogens (tertiary/aromatic N) is 1. The molecule has 4 nitrogen and oxygen atoms in total. The highest BCUT2D eigenvalue weighted by Crippen LogP contribution is 2.16. The standard InChI is InChI=1S/C24H32N2O2/c1-5-16-25-24(28)20(4)26(17-22-9-7-6-8-19(22)3)23(27)15-14-21-12-10-18(2)11-13-21/h6-13,20H,5,14-17H2,1-4H3,(H,25,28)/t20-/m0/s1. The second-order valence-corrected chi connectivity index (χ2v) is 7.40. The van der Waals surface area contributed by atoms with Gasteiger partial charge in [0.1, 0.15) is 6.04 Å². The van der Waals surface area contributed by atoms with Gasteiger partial charge >= 0.3 is 0 Å². The van der Waals surface area contributed by atoms with Crippen LogP contribution in [0.2, 0.25) is 0 Å². The molecule has 2 aromatic carbocycles. The first-order valence-electron chi connectivity index (χ1n) is 10.1. The molecular formula is C24H32N2O2. The van der Waals surface area contributed by atoms with E-state index in [1.165, 1.54) is 5.56 Å². The lowest BCUT2D eigenvalue weighted by Gasteiger charge is -2.29. The molecule has 1 N–H and O–H groups in total. The van der Waals surface area contributed by atoms with Crippen molar-refractivity contribution in [3.8, 4) is 0 Å². The van der Waals surface area contributed by atoms with Gasteiger partial charge in [-0.05, 0) is 50.3 Å². The molecule has 0 aliphatic rings. The summed E-state index contributed by atoms with van der Waals surface area (Å²) >= 11 is 0. The fraction of sp³-hybridized carbons (Fsp3) is 0.417. The molecule has 0 saturated heterocycles. The molecule has 0 heterocycles. The highest BCUT2D eigenvalue weighted by atomic mass is 16.2. The van der Waals surface area contributed by atoms with Crippen molar-refractivity contribution in [2.24, 2.45) is 0 Å². The van der Waals surface area contributed by atoms with E-state index in [9.17, 15) is 9.59 Å². The Balaban J connectivity index is 2.13. The minimum absolute atomic E-state index is 0.00276. The monoisotopic (exact) mass is 380 g/mol. The van der Waals surface area contributed by atoms with E-state index in [1.54, 1.807) is 4.90 Å². The maximum Gasteiger partial charge on any atom is 0.242 e. The Labute approximate surface area is 169 Å². The van der Waals surface area contributed by atoms with Gasteiger partial charge in [-0.15, -0.1) is 0 Å². The third-order valence-electron chi connectivity index (χ3n) is 5.07. The van der Waals surface area contributed by atoms with E-state index >= 15 is 0 Å². The summed E-state index contributed by atoms with van der Waals surface area (Å²) in [5, 5.41) is 2.92. The Bertz CT molecular complexity index is 783. The van der Waals surface area contributed by atoms with Crippen LogP contribution in [-0.4, -0.2) is 29.3 Å². The summed E-state index contributed by atoms with van der Waals surface area (Å²) in [5.41, 5.74) is 4.54. The van der Waals surface area contributed by atoms with Crippen molar-refractivity contribution in [2.45, 2.75) is 59.5 Å². The zero-order chi connectivity index (χ0) is 20.5. The van der Waals surface area contributed by atoms with E-state index in [0.717, 1.165) is 23.1 Å². The maximum absolute atomic E-state index is 13.1. The average molecular weight is 381 g/mol. The molecule has 0 radical (unpaired) electrons. The minimum atomic E-state index is -0.503. The molecule has 1 atom stereocenters. The zero-order valence-corrected chi connectivity index (χ0v) is 17.5. The molecule has 0 unspecified atom stereocenters. The van der Waals surface area contributed by atoms with Gasteiger partial charge in [0.2, 0.25) is 11.8 Å². The van der Waals surface area contributed by atoms with Gasteiger partial charge < -0.3 is 10.2 Å². The van der Waals surface area contributed by atoms with Gasteiger partial charge in [0.15, 0.2) is 0 Å². The second-order valence-electron chi connectivity index (χ2n) is 7.40. The third-order valence-corrected chi connectivity index (χ3v) is 5.07. The van der Waals surface area contributed by atoms with Gasteiger partial charge in [0.25, 0.3) is 0 Å². The molecule has 2 rings (SSSR count). The first-order valence-corrected chi connectivity index (χ1v) is 10.1. The summed E-state index contributed by atoms with van der Waals surface area (Å²) in [4.78, 5) is 27.3. The van der Waals surface area contributed by atoms with Crippen molar-refractivity contribution in [1.82, 2.24) is 10.2 Å². The first kappa shape index (κ1) is 21.7. The van der Waals surface area contributed by atoms with Crippen molar-refractivity contribution in [1.29, 1.82) is 0 Å². The third kappa shape index (κ3) is 6.22. The van der Waals surface area contributed by atoms with Crippen molar-refractivity contribution in [3.05, 3.63) is 70.8 Å². The number of carbonyl (C=O) groups is 2. The van der Waals surface area contributed by atoms with Crippen LogP contribution in [0.4, 0.5) is 0 Å². The predicted molar refractivity (Wildman–Crippen MR) is 114 cm³/mol. The number of benzene rings is 2. The lowest BCUT2D eigenvalue weighted by atomic mass is 10.0. The van der Waals surface area contributed by atoms with Gasteiger partial charge in [0.05, 0.1) is 0 Å². The Kier molecular flexibility index (Phi) is 8.24. The summed E-state index contributed by atoms with van der Waals surface area (Å²) in [5.74, 6) is -0.0953. The van der Waals surface area contributed by atoms with Crippen LogP contribution in [0.3, 0.4) is 0 Å². The summed E-state index contributed by atoms with van der Waals surface area (Å²) in [6.45, 7) is 8.98. The van der Waals surface area contributed by atoms with Gasteiger partial charge in [-0.3, -0.25) is 9.59 Å². The molecule has 28 heavy (non-hydrogen) atoms. The van der Waals surface area contributed by atoms with Gasteiger partial charge in [-0.25, -0.2) is 0 Å². The van der Waals surface area contributed by atoms with Crippen LogP contribution in [-0.2, 0) is 22.6 Å². The van der Waals surface area contributed by atoms with E-state index in [0.29, 0.717) is 25.9 Å². The normalized spacial score (nSPS) is 11.7. The smallest absolute Gasteiger partial charge is 0.242 e. The van der Waals surface area contributed by atoms with Crippen LogP contribution in [0.25, 0.3) is 0 Å². The lowest BCUT2D eigenvalue weighted by molar-refractivity contribution is -0.140. The summed E-state index contributed by atoms with van der Waals surface area (Å²) in [7, 11) is 0. The number of amides is 2. The zero-order valence-electron chi connectivity index (χ0n) is 17.5. The van der Waals surface area contributed by atoms with Crippen LogP contribution in [0.1, 0.15) is 48.9 Å². The van der Waals surface area contributed by atoms with E-state index in [1.807, 2.05) is 45.0 Å². The fourth-order valence-electron chi connectivity index (χ4n) is 3.10. The Morgan fingerprint density at radius 2 is 1.71 bits per heavy atom. The minimum Gasteiger partial charge on any atom is -0.354 e. The molecule has 4 heteroatoms. The molecule has 0 saturated carbocycles. The molecule has 0 aliphatic carbocycles. The molecule has 0 aromatic heterocycles. The Morgan fingerprint density at radius 3 is 2.36 bits per heavy atom. The first-order chi connectivity index (χ1) is 13.4. The van der Waals surface area contributed by atoms with Gasteiger partial charge in [0, 0.05) is 19.5 Å². The topological polar surface area (TPSA) is 49.4 Å². The van der Waals surface area contributed by atoms with E-state index in [-0.39, 0.29) is 11.8 Å².